The summed E-state index contributed by atoms with van der Waals surface area (Å²) in [6, 6.07) is 0. The average Bonchev–Trinajstić information content (AvgIpc) is 2.91. The van der Waals surface area contributed by atoms with Crippen molar-refractivity contribution >= 4 is 17.7 Å². The van der Waals surface area contributed by atoms with E-state index >= 15 is 0 Å². The van der Waals surface area contributed by atoms with Crippen molar-refractivity contribution < 1.29 is 14.6 Å². The van der Waals surface area contributed by atoms with Gasteiger partial charge in [-0.05, 0) is 30.4 Å². The van der Waals surface area contributed by atoms with Crippen molar-refractivity contribution in [3.8, 4) is 0 Å². The summed E-state index contributed by atoms with van der Waals surface area (Å²) in [6.07, 6.45) is 3.58. The van der Waals surface area contributed by atoms with Gasteiger partial charge in [-0.2, -0.15) is 11.8 Å². The summed E-state index contributed by atoms with van der Waals surface area (Å²) in [5, 5.41) is 8.73. The molecule has 1 fully saturated rings. The first-order chi connectivity index (χ1) is 7.18. The largest absolute Gasteiger partial charge is 0.481 e. The maximum Gasteiger partial charge on any atom is 0.303 e. The number of hydrogen-bond acceptors (Lipinski definition) is 3. The van der Waals surface area contributed by atoms with Crippen LogP contribution in [0.15, 0.2) is 0 Å². The van der Waals surface area contributed by atoms with Crippen LogP contribution in [0.2, 0.25) is 0 Å². The zero-order valence-electron chi connectivity index (χ0n) is 9.33. The molecule has 1 N–H and O–H groups in total. The van der Waals surface area contributed by atoms with E-state index in [-0.39, 0.29) is 5.41 Å². The molecule has 88 valence electrons. The van der Waals surface area contributed by atoms with Gasteiger partial charge in [-0.15, -0.1) is 0 Å². The summed E-state index contributed by atoms with van der Waals surface area (Å²) in [5.41, 5.74) is 0.126. The molecule has 0 atom stereocenters. The number of hydrogen-bond donors (Lipinski definition) is 1. The molecule has 1 rings (SSSR count). The molecule has 1 aliphatic rings. The van der Waals surface area contributed by atoms with E-state index < -0.39 is 5.97 Å². The Morgan fingerprint density at radius 2 is 2.20 bits per heavy atom. The summed E-state index contributed by atoms with van der Waals surface area (Å²) in [6.45, 7) is 3.72. The Hall–Kier alpha value is -0.220. The van der Waals surface area contributed by atoms with Gasteiger partial charge >= 0.3 is 5.97 Å². The Labute approximate surface area is 95.6 Å². The smallest absolute Gasteiger partial charge is 0.303 e. The van der Waals surface area contributed by atoms with E-state index in [2.05, 4.69) is 6.92 Å². The number of carboxylic acid groups (broad SMARTS) is 1. The number of carboxylic acids is 1. The summed E-state index contributed by atoms with van der Waals surface area (Å²) in [5.74, 6) is 1.31. The molecule has 1 aliphatic carbocycles. The first kappa shape index (κ1) is 12.8. The van der Waals surface area contributed by atoms with Gasteiger partial charge in [0.25, 0.3) is 0 Å². The number of carbonyl (C=O) groups is 1. The molecule has 4 heteroatoms. The third kappa shape index (κ3) is 5.42. The van der Waals surface area contributed by atoms with Gasteiger partial charge in [0.05, 0.1) is 13.0 Å². The summed E-state index contributed by atoms with van der Waals surface area (Å²) >= 11 is 1.83. The van der Waals surface area contributed by atoms with Gasteiger partial charge in [0, 0.05) is 12.4 Å². The molecule has 0 aromatic rings. The van der Waals surface area contributed by atoms with E-state index in [0.29, 0.717) is 6.42 Å². The summed E-state index contributed by atoms with van der Waals surface area (Å²) in [7, 11) is 0. The highest BCUT2D eigenvalue weighted by molar-refractivity contribution is 7.99. The standard InChI is InChI=1S/C11H20O3S/c1-2-5-14-6-7-15-9-11(3-4-11)8-10(12)13/h2-9H2,1H3,(H,12,13). The maximum absolute atomic E-state index is 10.6. The molecule has 0 spiro atoms. The fourth-order valence-electron chi connectivity index (χ4n) is 1.52. The van der Waals surface area contributed by atoms with Gasteiger partial charge < -0.3 is 9.84 Å². The molecule has 0 aromatic heterocycles. The number of thioether (sulfide) groups is 1. The van der Waals surface area contributed by atoms with Crippen molar-refractivity contribution in [2.24, 2.45) is 5.41 Å². The van der Waals surface area contributed by atoms with Crippen LogP contribution < -0.4 is 0 Å². The molecule has 0 radical (unpaired) electrons. The summed E-state index contributed by atoms with van der Waals surface area (Å²) < 4.78 is 5.36. The zero-order chi connectivity index (χ0) is 11.1. The summed E-state index contributed by atoms with van der Waals surface area (Å²) in [4.78, 5) is 10.6. The Morgan fingerprint density at radius 1 is 1.47 bits per heavy atom. The fourth-order valence-corrected chi connectivity index (χ4v) is 2.73. The predicted molar refractivity (Wildman–Crippen MR) is 62.4 cm³/mol. The Balaban J connectivity index is 1.97. The van der Waals surface area contributed by atoms with E-state index in [0.717, 1.165) is 44.0 Å². The number of rotatable bonds is 9. The topological polar surface area (TPSA) is 46.5 Å². The first-order valence-electron chi connectivity index (χ1n) is 5.56. The lowest BCUT2D eigenvalue weighted by atomic mass is 10.1. The Bertz CT molecular complexity index is 202. The molecule has 0 heterocycles. The van der Waals surface area contributed by atoms with Gasteiger partial charge in [-0.1, -0.05) is 6.92 Å². The Morgan fingerprint density at radius 3 is 2.73 bits per heavy atom. The van der Waals surface area contributed by atoms with Crippen molar-refractivity contribution in [2.45, 2.75) is 32.6 Å². The molecule has 15 heavy (non-hydrogen) atoms. The van der Waals surface area contributed by atoms with Gasteiger partial charge in [-0.25, -0.2) is 0 Å². The van der Waals surface area contributed by atoms with Gasteiger partial charge in [-0.3, -0.25) is 4.79 Å². The predicted octanol–water partition coefficient (Wildman–Crippen LogP) is 2.40. The molecule has 0 saturated heterocycles. The van der Waals surface area contributed by atoms with E-state index in [4.69, 9.17) is 9.84 Å². The lowest BCUT2D eigenvalue weighted by molar-refractivity contribution is -0.138. The minimum Gasteiger partial charge on any atom is -0.481 e. The fraction of sp³-hybridized carbons (Fsp3) is 0.909. The molecule has 0 bridgehead atoms. The number of ether oxygens (including phenoxy) is 1. The lowest BCUT2D eigenvalue weighted by Gasteiger charge is -2.11. The van der Waals surface area contributed by atoms with E-state index in [1.165, 1.54) is 0 Å². The second-order valence-corrected chi connectivity index (χ2v) is 5.34. The molecular weight excluding hydrogens is 212 g/mol. The third-order valence-electron chi connectivity index (χ3n) is 2.61. The van der Waals surface area contributed by atoms with Crippen molar-refractivity contribution in [3.05, 3.63) is 0 Å². The van der Waals surface area contributed by atoms with E-state index in [1.54, 1.807) is 0 Å². The monoisotopic (exact) mass is 232 g/mol. The van der Waals surface area contributed by atoms with Crippen LogP contribution in [0, 0.1) is 5.41 Å². The van der Waals surface area contributed by atoms with E-state index in [1.807, 2.05) is 11.8 Å². The van der Waals surface area contributed by atoms with Crippen molar-refractivity contribution in [1.29, 1.82) is 0 Å². The van der Waals surface area contributed by atoms with Crippen LogP contribution in [0.5, 0.6) is 0 Å². The molecule has 1 saturated carbocycles. The maximum atomic E-state index is 10.6. The molecule has 0 unspecified atom stereocenters. The van der Waals surface area contributed by atoms with Crippen LogP contribution in [0.4, 0.5) is 0 Å². The van der Waals surface area contributed by atoms with Crippen LogP contribution in [-0.4, -0.2) is 35.8 Å². The van der Waals surface area contributed by atoms with Crippen molar-refractivity contribution in [1.82, 2.24) is 0 Å². The second-order valence-electron chi connectivity index (χ2n) is 4.24. The molecule has 3 nitrogen and oxygen atoms in total. The second kappa shape index (κ2) is 6.38. The van der Waals surface area contributed by atoms with Crippen LogP contribution in [0.1, 0.15) is 32.6 Å². The van der Waals surface area contributed by atoms with E-state index in [9.17, 15) is 4.79 Å². The van der Waals surface area contributed by atoms with Gasteiger partial charge in [0.2, 0.25) is 0 Å². The minimum absolute atomic E-state index is 0.126. The minimum atomic E-state index is -0.657. The highest BCUT2D eigenvalue weighted by Gasteiger charge is 2.43. The first-order valence-corrected chi connectivity index (χ1v) is 6.71. The van der Waals surface area contributed by atoms with Crippen LogP contribution in [-0.2, 0) is 9.53 Å². The number of aliphatic carboxylic acids is 1. The normalized spacial score (nSPS) is 17.7. The average molecular weight is 232 g/mol. The van der Waals surface area contributed by atoms with Gasteiger partial charge in [0.15, 0.2) is 0 Å². The molecule has 0 aliphatic heterocycles. The molecule has 0 aromatic carbocycles. The lowest BCUT2D eigenvalue weighted by Crippen LogP contribution is -2.12. The van der Waals surface area contributed by atoms with Crippen molar-refractivity contribution in [2.75, 3.05) is 24.7 Å². The van der Waals surface area contributed by atoms with Crippen LogP contribution >= 0.6 is 11.8 Å². The third-order valence-corrected chi connectivity index (χ3v) is 3.88. The van der Waals surface area contributed by atoms with Crippen molar-refractivity contribution in [3.63, 3.8) is 0 Å². The quantitative estimate of drug-likeness (QED) is 0.620. The van der Waals surface area contributed by atoms with Gasteiger partial charge in [0.1, 0.15) is 0 Å². The SMILES string of the molecule is CCCOCCSCC1(CC(=O)O)CC1. The van der Waals surface area contributed by atoms with Crippen LogP contribution in [0.25, 0.3) is 0 Å². The highest BCUT2D eigenvalue weighted by atomic mass is 32.2. The Kier molecular flexibility index (Phi) is 5.47. The van der Waals surface area contributed by atoms with Crippen LogP contribution in [0.3, 0.4) is 0 Å². The highest BCUT2D eigenvalue weighted by Crippen LogP contribution is 2.50. The molecular formula is C11H20O3S. The molecule has 0 amide bonds. The zero-order valence-corrected chi connectivity index (χ0v) is 10.1.